The van der Waals surface area contributed by atoms with Crippen LogP contribution in [0.2, 0.25) is 0 Å². The lowest BCUT2D eigenvalue weighted by atomic mass is 9.49. The van der Waals surface area contributed by atoms with Gasteiger partial charge >= 0.3 is 0 Å². The van der Waals surface area contributed by atoms with Crippen LogP contribution in [0.1, 0.15) is 53.3 Å². The van der Waals surface area contributed by atoms with Crippen LogP contribution in [0.4, 0.5) is 0 Å². The SMILES string of the molecule is Cc1c(C(=O)NC2CC3(C2)CC(c2n[nH]c(=O)c4ccccc24)C3)cnn1-c1ccccc1. The van der Waals surface area contributed by atoms with Crippen LogP contribution in [-0.4, -0.2) is 31.9 Å². The number of carbonyl (C=O) groups is 1. The molecule has 2 N–H and O–H groups in total. The van der Waals surface area contributed by atoms with E-state index in [1.54, 1.807) is 10.9 Å². The maximum Gasteiger partial charge on any atom is 0.272 e. The Labute approximate surface area is 190 Å². The van der Waals surface area contributed by atoms with E-state index in [2.05, 4.69) is 20.6 Å². The molecule has 2 saturated carbocycles. The summed E-state index contributed by atoms with van der Waals surface area (Å²) in [5.74, 6) is 0.299. The second-order valence-electron chi connectivity index (χ2n) is 9.56. The van der Waals surface area contributed by atoms with Gasteiger partial charge in [0.25, 0.3) is 11.5 Å². The summed E-state index contributed by atoms with van der Waals surface area (Å²) in [5, 5.41) is 16.3. The van der Waals surface area contributed by atoms with Gasteiger partial charge in [-0.15, -0.1) is 0 Å². The summed E-state index contributed by atoms with van der Waals surface area (Å²) < 4.78 is 1.80. The Morgan fingerprint density at radius 1 is 1.03 bits per heavy atom. The predicted octanol–water partition coefficient (Wildman–Crippen LogP) is 3.87. The summed E-state index contributed by atoms with van der Waals surface area (Å²) in [6.45, 7) is 1.93. The van der Waals surface area contributed by atoms with Gasteiger partial charge in [0.05, 0.1) is 34.2 Å². The third-order valence-electron chi connectivity index (χ3n) is 7.42. The molecular weight excluding hydrogens is 414 g/mol. The van der Waals surface area contributed by atoms with E-state index in [-0.39, 0.29) is 22.9 Å². The molecule has 0 radical (unpaired) electrons. The number of carbonyl (C=O) groups excluding carboxylic acids is 1. The Morgan fingerprint density at radius 3 is 2.48 bits per heavy atom. The molecule has 6 rings (SSSR count). The van der Waals surface area contributed by atoms with Gasteiger partial charge < -0.3 is 5.32 Å². The molecule has 2 aromatic carbocycles. The number of H-pyrrole nitrogens is 1. The van der Waals surface area contributed by atoms with Crippen LogP contribution in [0.25, 0.3) is 16.5 Å². The second-order valence-corrected chi connectivity index (χ2v) is 9.56. The summed E-state index contributed by atoms with van der Waals surface area (Å²) in [4.78, 5) is 24.9. The van der Waals surface area contributed by atoms with Crippen molar-refractivity contribution >= 4 is 16.7 Å². The number of hydrogen-bond donors (Lipinski definition) is 2. The Balaban J connectivity index is 1.09. The van der Waals surface area contributed by atoms with Crippen molar-refractivity contribution in [3.05, 3.63) is 88.1 Å². The number of rotatable bonds is 4. The fraction of sp³-hybridized carbons (Fsp3) is 0.308. The average Bonchev–Trinajstić information content (AvgIpc) is 3.17. The van der Waals surface area contributed by atoms with Gasteiger partial charge in [-0.3, -0.25) is 9.59 Å². The van der Waals surface area contributed by atoms with Crippen molar-refractivity contribution < 1.29 is 4.79 Å². The normalized spacial score (nSPS) is 23.8. The number of aromatic nitrogens is 4. The van der Waals surface area contributed by atoms with Crippen molar-refractivity contribution in [2.24, 2.45) is 5.41 Å². The van der Waals surface area contributed by atoms with E-state index in [0.717, 1.165) is 48.1 Å². The van der Waals surface area contributed by atoms with Gasteiger partial charge in [-0.05, 0) is 56.2 Å². The molecule has 2 aliphatic rings. The van der Waals surface area contributed by atoms with Crippen LogP contribution >= 0.6 is 0 Å². The lowest BCUT2D eigenvalue weighted by Gasteiger charge is -2.57. The number of nitrogens with one attached hydrogen (secondary N) is 2. The number of hydrogen-bond acceptors (Lipinski definition) is 4. The van der Waals surface area contributed by atoms with E-state index in [1.165, 1.54) is 0 Å². The maximum atomic E-state index is 12.9. The monoisotopic (exact) mass is 439 g/mol. The standard InChI is InChI=1S/C26H25N5O2/c1-16-22(15-27-31(16)19-7-3-2-4-8-19)24(32)28-18-13-26(14-18)11-17(12-26)23-20-9-5-6-10-21(20)25(33)30-29-23/h2-10,15,17-18H,11-14H2,1H3,(H,28,32)(H,30,33). The zero-order valence-electron chi connectivity index (χ0n) is 18.4. The van der Waals surface area contributed by atoms with E-state index < -0.39 is 0 Å². The molecule has 2 fully saturated rings. The highest BCUT2D eigenvalue weighted by atomic mass is 16.1. The van der Waals surface area contributed by atoms with E-state index in [1.807, 2.05) is 61.5 Å². The molecule has 0 aliphatic heterocycles. The molecule has 2 heterocycles. The van der Waals surface area contributed by atoms with Crippen molar-refractivity contribution in [2.45, 2.75) is 44.6 Å². The minimum Gasteiger partial charge on any atom is -0.349 e. The highest BCUT2D eigenvalue weighted by Crippen LogP contribution is 2.62. The number of para-hydroxylation sites is 1. The minimum absolute atomic E-state index is 0.0568. The Bertz CT molecular complexity index is 1410. The molecule has 0 saturated heterocycles. The van der Waals surface area contributed by atoms with E-state index in [0.29, 0.717) is 16.9 Å². The number of amides is 1. The topological polar surface area (TPSA) is 92.7 Å². The zero-order valence-corrected chi connectivity index (χ0v) is 18.4. The smallest absolute Gasteiger partial charge is 0.272 e. The van der Waals surface area contributed by atoms with Crippen LogP contribution < -0.4 is 10.9 Å². The molecule has 4 aromatic rings. The molecule has 7 nitrogen and oxygen atoms in total. The first kappa shape index (κ1) is 19.9. The van der Waals surface area contributed by atoms with E-state index in [9.17, 15) is 9.59 Å². The highest BCUT2D eigenvalue weighted by Gasteiger charge is 2.54. The van der Waals surface area contributed by atoms with Crippen molar-refractivity contribution in [2.75, 3.05) is 0 Å². The average molecular weight is 440 g/mol. The van der Waals surface area contributed by atoms with Gasteiger partial charge in [0, 0.05) is 17.3 Å². The molecule has 2 aromatic heterocycles. The van der Waals surface area contributed by atoms with Crippen molar-refractivity contribution in [3.63, 3.8) is 0 Å². The fourth-order valence-corrected chi connectivity index (χ4v) is 5.77. The molecule has 0 bridgehead atoms. The molecule has 166 valence electrons. The maximum absolute atomic E-state index is 12.9. The Hall–Kier alpha value is -3.74. The molecule has 33 heavy (non-hydrogen) atoms. The van der Waals surface area contributed by atoms with Crippen molar-refractivity contribution in [3.8, 4) is 5.69 Å². The lowest BCUT2D eigenvalue weighted by molar-refractivity contribution is -0.0196. The Morgan fingerprint density at radius 2 is 1.73 bits per heavy atom. The second kappa shape index (κ2) is 7.40. The molecule has 7 heteroatoms. The summed E-state index contributed by atoms with van der Waals surface area (Å²) in [7, 11) is 0. The molecular formula is C26H25N5O2. The predicted molar refractivity (Wildman–Crippen MR) is 126 cm³/mol. The lowest BCUT2D eigenvalue weighted by Crippen LogP contribution is -2.55. The molecule has 1 amide bonds. The van der Waals surface area contributed by atoms with Gasteiger partial charge in [-0.25, -0.2) is 9.78 Å². The summed E-state index contributed by atoms with van der Waals surface area (Å²) >= 11 is 0. The summed E-state index contributed by atoms with van der Waals surface area (Å²) in [6, 6.07) is 17.7. The third kappa shape index (κ3) is 3.26. The first-order chi connectivity index (χ1) is 16.0. The Kier molecular flexibility index (Phi) is 4.47. The number of nitrogens with zero attached hydrogens (tertiary/aromatic N) is 3. The van der Waals surface area contributed by atoms with Gasteiger partial charge in [-0.2, -0.15) is 10.2 Å². The van der Waals surface area contributed by atoms with Crippen LogP contribution in [0.15, 0.2) is 65.6 Å². The van der Waals surface area contributed by atoms with Gasteiger partial charge in [0.15, 0.2) is 0 Å². The number of aromatic amines is 1. The molecule has 2 aliphatic carbocycles. The zero-order chi connectivity index (χ0) is 22.6. The van der Waals surface area contributed by atoms with Crippen molar-refractivity contribution in [1.82, 2.24) is 25.3 Å². The third-order valence-corrected chi connectivity index (χ3v) is 7.42. The molecule has 0 unspecified atom stereocenters. The van der Waals surface area contributed by atoms with Crippen LogP contribution in [0.5, 0.6) is 0 Å². The van der Waals surface area contributed by atoms with E-state index in [4.69, 9.17) is 0 Å². The van der Waals surface area contributed by atoms with Gasteiger partial charge in [-0.1, -0.05) is 36.4 Å². The number of benzene rings is 2. The van der Waals surface area contributed by atoms with Gasteiger partial charge in [0.1, 0.15) is 0 Å². The summed E-state index contributed by atoms with van der Waals surface area (Å²) in [6.07, 6.45) is 5.73. The van der Waals surface area contributed by atoms with Crippen LogP contribution in [0, 0.1) is 12.3 Å². The minimum atomic E-state index is -0.138. The quantitative estimate of drug-likeness (QED) is 0.505. The van der Waals surface area contributed by atoms with Crippen molar-refractivity contribution in [1.29, 1.82) is 0 Å². The van der Waals surface area contributed by atoms with Crippen LogP contribution in [-0.2, 0) is 0 Å². The summed E-state index contributed by atoms with van der Waals surface area (Å²) in [5.41, 5.74) is 3.54. The molecule has 0 atom stereocenters. The largest absolute Gasteiger partial charge is 0.349 e. The van der Waals surface area contributed by atoms with E-state index >= 15 is 0 Å². The highest BCUT2D eigenvalue weighted by molar-refractivity contribution is 5.95. The molecule has 1 spiro atoms. The van der Waals surface area contributed by atoms with Gasteiger partial charge in [0.2, 0.25) is 0 Å². The first-order valence-corrected chi connectivity index (χ1v) is 11.4. The number of fused-ring (bicyclic) bond motifs is 1. The fourth-order valence-electron chi connectivity index (χ4n) is 5.77. The first-order valence-electron chi connectivity index (χ1n) is 11.4. The van der Waals surface area contributed by atoms with Crippen LogP contribution in [0.3, 0.4) is 0 Å².